The lowest BCUT2D eigenvalue weighted by atomic mass is 9.94. The Morgan fingerprint density at radius 3 is 2.07 bits per heavy atom. The van der Waals surface area contributed by atoms with E-state index >= 15 is 0 Å². The average Bonchev–Trinajstić information content (AvgIpc) is 3.98. The minimum Gasteiger partial charge on any atom is -0.368 e. The predicted octanol–water partition coefficient (Wildman–Crippen LogP) is 16.0. The summed E-state index contributed by atoms with van der Waals surface area (Å²) < 4.78 is 5.09. The first-order valence-corrected chi connectivity index (χ1v) is 21.5. The number of anilines is 1. The minimum atomic E-state index is 0.108. The van der Waals surface area contributed by atoms with E-state index in [4.69, 9.17) is 0 Å². The molecular weight excluding hydrogens is 741 g/mol. The molecule has 1 aliphatic rings. The second kappa shape index (κ2) is 14.4. The number of hydrogen-bond acceptors (Lipinski definition) is 3. The van der Waals surface area contributed by atoms with Crippen LogP contribution in [0, 0.1) is 0 Å². The molecule has 0 radical (unpaired) electrons. The predicted molar refractivity (Wildman–Crippen MR) is 254 cm³/mol. The number of hydrogen-bond donors (Lipinski definition) is 1. The fourth-order valence-corrected chi connectivity index (χ4v) is 11.2. The summed E-state index contributed by atoms with van der Waals surface area (Å²) in [7, 11) is 0. The monoisotopic (exact) mass is 778 g/mol. The standard InChI is InChI=1S/C54H38N2S2/c1-2-16-39(22-15-19-35-17-5-3-6-18-35)56-46-27-13-11-25-42(46)50-41-24-10-9-23-40(41)44(33-47(50)56)37-29-31-38(32-30-37)54-55-52-49(58-54)34-45(36-20-7-4-8-21-36)53-51(52)43-26-12-14-28-48(43)57-53/h2-34,54-55H,1H3/b16-2-,19-15+,39-22+. The Balaban J connectivity index is 1.02. The summed E-state index contributed by atoms with van der Waals surface area (Å²) in [6, 6.07) is 62.0. The van der Waals surface area contributed by atoms with E-state index in [9.17, 15) is 0 Å². The molecule has 2 aromatic heterocycles. The van der Waals surface area contributed by atoms with Gasteiger partial charge in [0.1, 0.15) is 5.37 Å². The molecule has 0 spiro atoms. The zero-order valence-corrected chi connectivity index (χ0v) is 33.5. The van der Waals surface area contributed by atoms with Crippen molar-refractivity contribution in [2.45, 2.75) is 17.2 Å². The van der Waals surface area contributed by atoms with Gasteiger partial charge in [-0.1, -0.05) is 176 Å². The van der Waals surface area contributed by atoms with E-state index in [0.717, 1.165) is 5.70 Å². The van der Waals surface area contributed by atoms with Gasteiger partial charge in [-0.3, -0.25) is 0 Å². The normalized spacial score (nSPS) is 14.5. The molecule has 8 aromatic carbocycles. The lowest BCUT2D eigenvalue weighted by molar-refractivity contribution is 1.14. The largest absolute Gasteiger partial charge is 0.368 e. The molecule has 0 saturated heterocycles. The first kappa shape index (κ1) is 34.6. The van der Waals surface area contributed by atoms with Crippen LogP contribution in [0.1, 0.15) is 23.4 Å². The summed E-state index contributed by atoms with van der Waals surface area (Å²) in [6.07, 6.45) is 10.9. The van der Waals surface area contributed by atoms with E-state index < -0.39 is 0 Å². The van der Waals surface area contributed by atoms with Crippen molar-refractivity contribution in [3.8, 4) is 22.3 Å². The van der Waals surface area contributed by atoms with Crippen LogP contribution >= 0.6 is 23.1 Å². The third-order valence-corrected chi connectivity index (χ3v) is 13.8. The first-order valence-electron chi connectivity index (χ1n) is 19.8. The van der Waals surface area contributed by atoms with Gasteiger partial charge >= 0.3 is 0 Å². The number of thioether (sulfide) groups is 1. The van der Waals surface area contributed by atoms with Gasteiger partial charge in [-0.15, -0.1) is 11.3 Å². The van der Waals surface area contributed by atoms with E-state index in [1.165, 1.54) is 96.7 Å². The van der Waals surface area contributed by atoms with E-state index in [0.29, 0.717) is 0 Å². The molecule has 1 aliphatic heterocycles. The number of aromatic nitrogens is 1. The van der Waals surface area contributed by atoms with Gasteiger partial charge in [-0.2, -0.15) is 0 Å². The minimum absolute atomic E-state index is 0.108. The molecule has 1 N–H and O–H groups in total. The van der Waals surface area contributed by atoms with Gasteiger partial charge < -0.3 is 9.88 Å². The molecule has 1 atom stereocenters. The van der Waals surface area contributed by atoms with Gasteiger partial charge in [-0.25, -0.2) is 0 Å². The Kier molecular flexibility index (Phi) is 8.61. The summed E-state index contributed by atoms with van der Waals surface area (Å²) in [6.45, 7) is 2.09. The molecule has 276 valence electrons. The van der Waals surface area contributed by atoms with Gasteiger partial charge in [0.15, 0.2) is 0 Å². The maximum absolute atomic E-state index is 3.99. The average molecular weight is 779 g/mol. The fraction of sp³-hybridized carbons (Fsp3) is 0.0370. The highest BCUT2D eigenvalue weighted by atomic mass is 32.2. The zero-order chi connectivity index (χ0) is 38.6. The highest BCUT2D eigenvalue weighted by Gasteiger charge is 2.28. The molecule has 0 bridgehead atoms. The molecule has 1 unspecified atom stereocenters. The molecule has 0 aliphatic carbocycles. The molecule has 0 amide bonds. The van der Waals surface area contributed by atoms with Crippen molar-refractivity contribution in [3.05, 3.63) is 205 Å². The van der Waals surface area contributed by atoms with Gasteiger partial charge in [0.2, 0.25) is 0 Å². The molecule has 3 heterocycles. The van der Waals surface area contributed by atoms with Crippen LogP contribution in [-0.4, -0.2) is 4.57 Å². The number of rotatable bonds is 7. The molecule has 2 nitrogen and oxygen atoms in total. The van der Waals surface area contributed by atoms with Gasteiger partial charge in [0.05, 0.1) is 16.7 Å². The summed E-state index contributed by atoms with van der Waals surface area (Å²) in [5, 5.41) is 11.8. The summed E-state index contributed by atoms with van der Waals surface area (Å²) in [4.78, 5) is 1.30. The lowest BCUT2D eigenvalue weighted by Gasteiger charge is -2.15. The van der Waals surface area contributed by atoms with Crippen LogP contribution in [0.25, 0.3) is 86.8 Å². The molecule has 11 rings (SSSR count). The van der Waals surface area contributed by atoms with E-state index in [2.05, 4.69) is 217 Å². The number of fused-ring (bicyclic) bond motifs is 10. The summed E-state index contributed by atoms with van der Waals surface area (Å²) in [5.74, 6) is 0. The summed E-state index contributed by atoms with van der Waals surface area (Å²) in [5.41, 5.74) is 12.2. The number of para-hydroxylation sites is 1. The van der Waals surface area contributed by atoms with Gasteiger partial charge in [0.25, 0.3) is 0 Å². The molecular formula is C54H38N2S2. The van der Waals surface area contributed by atoms with Crippen LogP contribution < -0.4 is 5.32 Å². The Bertz CT molecular complexity index is 3280. The Hall–Kier alpha value is -6.59. The van der Waals surface area contributed by atoms with E-state index in [1.54, 1.807) is 0 Å². The van der Waals surface area contributed by atoms with Crippen molar-refractivity contribution in [2.75, 3.05) is 5.32 Å². The van der Waals surface area contributed by atoms with Crippen LogP contribution in [0.2, 0.25) is 0 Å². The van der Waals surface area contributed by atoms with Crippen molar-refractivity contribution < 1.29 is 0 Å². The highest BCUT2D eigenvalue weighted by molar-refractivity contribution is 8.00. The molecule has 0 saturated carbocycles. The van der Waals surface area contributed by atoms with E-state index in [-0.39, 0.29) is 5.37 Å². The quantitative estimate of drug-likeness (QED) is 0.162. The SMILES string of the molecule is C\C=C/C(=C\C=C\c1ccccc1)n1c2ccccc2c2c3ccccc3c(-c3ccc(C4Nc5c(cc(-c6ccccc6)c6sc7ccccc7c56)S4)cc3)cc21. The van der Waals surface area contributed by atoms with Crippen molar-refractivity contribution >= 4 is 93.3 Å². The number of allylic oxidation sites excluding steroid dienone is 5. The number of benzene rings is 8. The van der Waals surface area contributed by atoms with Gasteiger partial charge in [-0.05, 0) is 81.9 Å². The Morgan fingerprint density at radius 2 is 1.28 bits per heavy atom. The van der Waals surface area contributed by atoms with Crippen molar-refractivity contribution in [3.63, 3.8) is 0 Å². The third-order valence-electron chi connectivity index (χ3n) is 11.4. The second-order valence-electron chi connectivity index (χ2n) is 14.8. The topological polar surface area (TPSA) is 17.0 Å². The van der Waals surface area contributed by atoms with Crippen LogP contribution in [0.3, 0.4) is 0 Å². The zero-order valence-electron chi connectivity index (χ0n) is 31.9. The van der Waals surface area contributed by atoms with E-state index in [1.807, 2.05) is 23.1 Å². The van der Waals surface area contributed by atoms with Gasteiger partial charge in [0, 0.05) is 47.1 Å². The molecule has 10 aromatic rings. The Morgan fingerprint density at radius 1 is 0.603 bits per heavy atom. The van der Waals surface area contributed by atoms with Crippen LogP contribution in [0.5, 0.6) is 0 Å². The third kappa shape index (κ3) is 5.79. The fourth-order valence-electron chi connectivity index (χ4n) is 8.76. The van der Waals surface area contributed by atoms with Crippen molar-refractivity contribution in [1.82, 2.24) is 4.57 Å². The first-order chi connectivity index (χ1) is 28.7. The smallest absolute Gasteiger partial charge is 0.103 e. The Labute approximate surface area is 346 Å². The van der Waals surface area contributed by atoms with Crippen LogP contribution in [0.4, 0.5) is 5.69 Å². The summed E-state index contributed by atoms with van der Waals surface area (Å²) >= 11 is 3.82. The lowest BCUT2D eigenvalue weighted by Crippen LogP contribution is -2.01. The maximum atomic E-state index is 3.99. The number of nitrogens with one attached hydrogen (secondary N) is 1. The molecule has 0 fully saturated rings. The van der Waals surface area contributed by atoms with Crippen molar-refractivity contribution in [2.24, 2.45) is 0 Å². The highest BCUT2D eigenvalue weighted by Crippen LogP contribution is 2.55. The van der Waals surface area contributed by atoms with Crippen LogP contribution in [-0.2, 0) is 0 Å². The number of thiophene rings is 1. The molecule has 4 heteroatoms. The molecule has 58 heavy (non-hydrogen) atoms. The van der Waals surface area contributed by atoms with Crippen LogP contribution in [0.15, 0.2) is 199 Å². The maximum Gasteiger partial charge on any atom is 0.103 e. The number of nitrogens with zero attached hydrogens (tertiary/aromatic N) is 1. The van der Waals surface area contributed by atoms with Crippen molar-refractivity contribution in [1.29, 1.82) is 0 Å². The second-order valence-corrected chi connectivity index (χ2v) is 17.0.